The average Bonchev–Trinajstić information content (AvgIpc) is 2.49. The summed E-state index contributed by atoms with van der Waals surface area (Å²) in [6.45, 7) is 0. The minimum atomic E-state index is -0.889. The van der Waals surface area contributed by atoms with Gasteiger partial charge in [-0.2, -0.15) is 0 Å². The first-order chi connectivity index (χ1) is 5.79. The number of carboxylic acid groups (broad SMARTS) is 1. The summed E-state index contributed by atoms with van der Waals surface area (Å²) in [6.07, 6.45) is 1.63. The fraction of sp³-hybridized carbons (Fsp3) is 0. The van der Waals surface area contributed by atoms with Crippen LogP contribution in [-0.2, 0) is 0 Å². The Morgan fingerprint density at radius 2 is 2.17 bits per heavy atom. The van der Waals surface area contributed by atoms with E-state index in [9.17, 15) is 4.79 Å². The third-order valence-corrected chi connectivity index (χ3v) is 1.83. The maximum Gasteiger partial charge on any atom is 0.336 e. The summed E-state index contributed by atoms with van der Waals surface area (Å²) in [5.74, 6) is -0.889. The molecular formula is C9H7NO2. The van der Waals surface area contributed by atoms with Crippen molar-refractivity contribution in [2.24, 2.45) is 0 Å². The number of nitrogens with one attached hydrogen (secondary N) is 1. The van der Waals surface area contributed by atoms with Crippen molar-refractivity contribution in [3.8, 4) is 11.3 Å². The Labute approximate surface area is 69.0 Å². The number of carbonyl (C=O) groups is 1. The van der Waals surface area contributed by atoms with Gasteiger partial charge in [0.2, 0.25) is 0 Å². The average molecular weight is 161 g/mol. The first kappa shape index (κ1) is 6.91. The quantitative estimate of drug-likeness (QED) is 0.670. The van der Waals surface area contributed by atoms with Crippen LogP contribution in [0, 0.1) is 0 Å². The van der Waals surface area contributed by atoms with E-state index in [1.165, 1.54) is 0 Å². The van der Waals surface area contributed by atoms with Gasteiger partial charge in [-0.05, 0) is 12.1 Å². The molecule has 0 saturated carbocycles. The van der Waals surface area contributed by atoms with Gasteiger partial charge >= 0.3 is 5.97 Å². The summed E-state index contributed by atoms with van der Waals surface area (Å²) < 4.78 is 0. The lowest BCUT2D eigenvalue weighted by molar-refractivity contribution is 0.0697. The standard InChI is InChI=1S/C9H7NO2/c11-9(12)7-4-5-10-8-3-1-2-6(7)8/h1-5,10H,(H,11,12). The lowest BCUT2D eigenvalue weighted by Crippen LogP contribution is -1.99. The first-order valence-corrected chi connectivity index (χ1v) is 3.58. The normalized spacial score (nSPS) is 10.3. The Morgan fingerprint density at radius 1 is 1.33 bits per heavy atom. The molecule has 0 atom stereocenters. The SMILES string of the molecule is O=C(O)c1cc[nH]c2cccc1-2. The summed E-state index contributed by atoms with van der Waals surface area (Å²) in [5, 5.41) is 8.79. The molecule has 0 fully saturated rings. The van der Waals surface area contributed by atoms with Crippen LogP contribution in [0.25, 0.3) is 11.3 Å². The zero-order valence-electron chi connectivity index (χ0n) is 6.24. The molecule has 2 aliphatic rings. The highest BCUT2D eigenvalue weighted by Crippen LogP contribution is 2.23. The van der Waals surface area contributed by atoms with E-state index in [2.05, 4.69) is 4.98 Å². The molecule has 0 spiro atoms. The Morgan fingerprint density at radius 3 is 2.92 bits per heavy atom. The topological polar surface area (TPSA) is 53.1 Å². The van der Waals surface area contributed by atoms with Crippen LogP contribution in [0.15, 0.2) is 30.5 Å². The Bertz CT molecular complexity index is 392. The monoisotopic (exact) mass is 161 g/mol. The molecule has 12 heavy (non-hydrogen) atoms. The van der Waals surface area contributed by atoms with E-state index in [-0.39, 0.29) is 0 Å². The van der Waals surface area contributed by atoms with E-state index in [4.69, 9.17) is 5.11 Å². The van der Waals surface area contributed by atoms with Crippen molar-refractivity contribution in [1.82, 2.24) is 4.98 Å². The molecule has 0 unspecified atom stereocenters. The molecule has 1 heterocycles. The second-order valence-corrected chi connectivity index (χ2v) is 2.55. The molecule has 0 saturated heterocycles. The second-order valence-electron chi connectivity index (χ2n) is 2.55. The molecule has 0 bridgehead atoms. The van der Waals surface area contributed by atoms with Crippen LogP contribution >= 0.6 is 0 Å². The molecule has 2 N–H and O–H groups in total. The van der Waals surface area contributed by atoms with Crippen molar-refractivity contribution in [3.05, 3.63) is 36.0 Å². The fourth-order valence-electron chi connectivity index (χ4n) is 1.27. The number of aromatic amines is 1. The lowest BCUT2D eigenvalue weighted by Gasteiger charge is -2.02. The number of pyridine rings is 1. The highest BCUT2D eigenvalue weighted by molar-refractivity contribution is 5.95. The van der Waals surface area contributed by atoms with E-state index in [1.54, 1.807) is 18.3 Å². The third-order valence-electron chi connectivity index (χ3n) is 1.83. The van der Waals surface area contributed by atoms with Gasteiger partial charge in [-0.3, -0.25) is 0 Å². The van der Waals surface area contributed by atoms with Crippen molar-refractivity contribution >= 4 is 5.97 Å². The van der Waals surface area contributed by atoms with Gasteiger partial charge in [0.25, 0.3) is 0 Å². The number of H-pyrrole nitrogens is 1. The number of carboxylic acids is 1. The van der Waals surface area contributed by atoms with Gasteiger partial charge in [-0.15, -0.1) is 0 Å². The first-order valence-electron chi connectivity index (χ1n) is 3.58. The van der Waals surface area contributed by atoms with Gasteiger partial charge in [0.1, 0.15) is 0 Å². The van der Waals surface area contributed by atoms with Crippen LogP contribution in [0.5, 0.6) is 0 Å². The van der Waals surface area contributed by atoms with Crippen LogP contribution in [0.1, 0.15) is 10.4 Å². The van der Waals surface area contributed by atoms with Gasteiger partial charge in [-0.25, -0.2) is 4.79 Å². The summed E-state index contributed by atoms with van der Waals surface area (Å²) in [6, 6.07) is 7.02. The Hall–Kier alpha value is -1.77. The van der Waals surface area contributed by atoms with Crippen molar-refractivity contribution < 1.29 is 9.90 Å². The number of hydrogen-bond acceptors (Lipinski definition) is 1. The predicted octanol–water partition coefficient (Wildman–Crippen LogP) is 1.82. The fourth-order valence-corrected chi connectivity index (χ4v) is 1.27. The van der Waals surface area contributed by atoms with Crippen molar-refractivity contribution in [2.75, 3.05) is 0 Å². The summed E-state index contributed by atoms with van der Waals surface area (Å²) in [7, 11) is 0. The van der Waals surface area contributed by atoms with E-state index < -0.39 is 5.97 Å². The molecule has 0 amide bonds. The minimum absolute atomic E-state index is 0.341. The van der Waals surface area contributed by atoms with Crippen molar-refractivity contribution in [1.29, 1.82) is 0 Å². The third kappa shape index (κ3) is 0.871. The van der Waals surface area contributed by atoms with Gasteiger partial charge in [0.15, 0.2) is 0 Å². The highest BCUT2D eigenvalue weighted by atomic mass is 16.4. The largest absolute Gasteiger partial charge is 0.478 e. The zero-order chi connectivity index (χ0) is 8.55. The van der Waals surface area contributed by atoms with E-state index in [1.807, 2.05) is 12.1 Å². The smallest absolute Gasteiger partial charge is 0.336 e. The van der Waals surface area contributed by atoms with Gasteiger partial charge in [0.05, 0.1) is 5.56 Å². The molecule has 0 aromatic rings. The number of rotatable bonds is 1. The van der Waals surface area contributed by atoms with E-state index in [0.29, 0.717) is 5.56 Å². The van der Waals surface area contributed by atoms with Gasteiger partial charge in [-0.1, -0.05) is 12.1 Å². The molecule has 3 heteroatoms. The van der Waals surface area contributed by atoms with Crippen LogP contribution in [0.4, 0.5) is 0 Å². The molecule has 1 aliphatic carbocycles. The van der Waals surface area contributed by atoms with Crippen LogP contribution in [0.3, 0.4) is 0 Å². The van der Waals surface area contributed by atoms with Crippen LogP contribution in [0.2, 0.25) is 0 Å². The molecule has 0 radical (unpaired) electrons. The van der Waals surface area contributed by atoms with Crippen LogP contribution in [-0.4, -0.2) is 16.1 Å². The number of aromatic carboxylic acids is 1. The molecule has 0 aromatic heterocycles. The van der Waals surface area contributed by atoms with Crippen LogP contribution < -0.4 is 0 Å². The maximum atomic E-state index is 10.7. The molecule has 3 nitrogen and oxygen atoms in total. The number of fused-ring (bicyclic) bond motifs is 1. The van der Waals surface area contributed by atoms with Crippen molar-refractivity contribution in [3.63, 3.8) is 0 Å². The summed E-state index contributed by atoms with van der Waals surface area (Å²) in [5.41, 5.74) is 1.95. The molecule has 60 valence electrons. The van der Waals surface area contributed by atoms with Gasteiger partial charge in [0, 0.05) is 17.5 Å². The summed E-state index contributed by atoms with van der Waals surface area (Å²) >= 11 is 0. The number of aromatic nitrogens is 1. The zero-order valence-corrected chi connectivity index (χ0v) is 6.24. The maximum absolute atomic E-state index is 10.7. The highest BCUT2D eigenvalue weighted by Gasteiger charge is 2.12. The Kier molecular flexibility index (Phi) is 1.37. The molecule has 1 aliphatic heterocycles. The predicted molar refractivity (Wildman–Crippen MR) is 44.4 cm³/mol. The molecule has 2 rings (SSSR count). The van der Waals surface area contributed by atoms with E-state index in [0.717, 1.165) is 11.3 Å². The summed E-state index contributed by atoms with van der Waals surface area (Å²) in [4.78, 5) is 13.7. The molecular weight excluding hydrogens is 154 g/mol. The van der Waals surface area contributed by atoms with Crippen molar-refractivity contribution in [2.45, 2.75) is 0 Å². The second kappa shape index (κ2) is 2.37. The van der Waals surface area contributed by atoms with Gasteiger partial charge < -0.3 is 10.1 Å². The van der Waals surface area contributed by atoms with E-state index >= 15 is 0 Å². The minimum Gasteiger partial charge on any atom is -0.478 e. The Balaban J connectivity index is 2.71. The lowest BCUT2D eigenvalue weighted by atomic mass is 10.1. The number of hydrogen-bond donors (Lipinski definition) is 2. The molecule has 0 aromatic carbocycles.